The van der Waals surface area contributed by atoms with Crippen LogP contribution in [-0.2, 0) is 24.5 Å². The Bertz CT molecular complexity index is 1920. The van der Waals surface area contributed by atoms with Gasteiger partial charge in [0.25, 0.3) is 0 Å². The zero-order valence-electron chi connectivity index (χ0n) is 24.9. The number of sulfone groups is 2. The van der Waals surface area contributed by atoms with Crippen LogP contribution in [0.5, 0.6) is 0 Å². The average Bonchev–Trinajstić information content (AvgIpc) is 3.01. The molecule has 0 radical (unpaired) electrons. The standard InChI is InChI=1S/C36H34Cl2O5S2/c1-22-3-7-24(8-4-22)30-19-33-32(21-35(30)44(40,41)28-15-11-26(37)12-16-28)34(39)20-31(25-9-5-23(2)6-10-25)36(33)45(42,43)29-17-13-27(38)14-18-29/h3-18,30-33,35-36H,19-21H2,1-2H3/t30-,31-,32+,33-,35?,36?/m0/s1. The van der Waals surface area contributed by atoms with Gasteiger partial charge in [0.15, 0.2) is 19.7 Å². The van der Waals surface area contributed by atoms with Crippen LogP contribution < -0.4 is 0 Å². The van der Waals surface area contributed by atoms with Crippen LogP contribution in [0.3, 0.4) is 0 Å². The van der Waals surface area contributed by atoms with E-state index in [0.29, 0.717) is 10.0 Å². The molecule has 6 atom stereocenters. The van der Waals surface area contributed by atoms with Crippen LogP contribution in [0, 0.1) is 25.7 Å². The first-order valence-electron chi connectivity index (χ1n) is 15.0. The Kier molecular flexibility index (Phi) is 8.76. The van der Waals surface area contributed by atoms with E-state index in [1.807, 2.05) is 62.4 Å². The molecule has 4 aromatic carbocycles. The van der Waals surface area contributed by atoms with Gasteiger partial charge in [0.05, 0.1) is 20.3 Å². The third kappa shape index (κ3) is 6.12. The molecule has 9 heteroatoms. The van der Waals surface area contributed by atoms with Crippen LogP contribution in [0.4, 0.5) is 0 Å². The number of ketones is 1. The minimum Gasteiger partial charge on any atom is -0.299 e. The molecule has 2 aliphatic rings. The van der Waals surface area contributed by atoms with Crippen molar-refractivity contribution < 1.29 is 21.6 Å². The molecular formula is C36H34Cl2O5S2. The van der Waals surface area contributed by atoms with Crippen molar-refractivity contribution in [1.82, 2.24) is 0 Å². The van der Waals surface area contributed by atoms with Gasteiger partial charge in [-0.25, -0.2) is 16.8 Å². The zero-order valence-corrected chi connectivity index (χ0v) is 28.1. The normalized spacial score (nSPS) is 25.5. The number of Topliss-reactive ketones (excluding diaryl/α,β-unsaturated/α-hetero) is 1. The summed E-state index contributed by atoms with van der Waals surface area (Å²) in [5.74, 6) is -2.52. The summed E-state index contributed by atoms with van der Waals surface area (Å²) in [6, 6.07) is 27.7. The van der Waals surface area contributed by atoms with Crippen molar-refractivity contribution in [2.75, 3.05) is 0 Å². The average molecular weight is 682 g/mol. The summed E-state index contributed by atoms with van der Waals surface area (Å²) in [5.41, 5.74) is 3.66. The maximum Gasteiger partial charge on any atom is 0.182 e. The number of hydrogen-bond acceptors (Lipinski definition) is 5. The lowest BCUT2D eigenvalue weighted by Gasteiger charge is -2.48. The fraction of sp³-hybridized carbons (Fsp3) is 0.306. The summed E-state index contributed by atoms with van der Waals surface area (Å²) in [7, 11) is -7.89. The number of fused-ring (bicyclic) bond motifs is 1. The molecule has 0 N–H and O–H groups in total. The lowest BCUT2D eigenvalue weighted by molar-refractivity contribution is -0.128. The summed E-state index contributed by atoms with van der Waals surface area (Å²) in [6.45, 7) is 3.92. The van der Waals surface area contributed by atoms with E-state index < -0.39 is 53.8 Å². The molecule has 0 aliphatic heterocycles. The molecule has 0 amide bonds. The predicted octanol–water partition coefficient (Wildman–Crippen LogP) is 8.16. The first-order valence-corrected chi connectivity index (χ1v) is 18.9. The highest BCUT2D eigenvalue weighted by Crippen LogP contribution is 2.54. The highest BCUT2D eigenvalue weighted by atomic mass is 35.5. The maximum atomic E-state index is 14.6. The quantitative estimate of drug-likeness (QED) is 0.205. The molecule has 5 nitrogen and oxygen atoms in total. The molecule has 2 saturated carbocycles. The topological polar surface area (TPSA) is 85.3 Å². The number of rotatable bonds is 6. The van der Waals surface area contributed by atoms with Gasteiger partial charge in [-0.1, -0.05) is 82.9 Å². The predicted molar refractivity (Wildman–Crippen MR) is 179 cm³/mol. The second-order valence-corrected chi connectivity index (χ2v) is 17.6. The first-order chi connectivity index (χ1) is 21.4. The minimum atomic E-state index is -3.98. The lowest BCUT2D eigenvalue weighted by Crippen LogP contribution is -2.53. The molecule has 0 aromatic heterocycles. The van der Waals surface area contributed by atoms with E-state index >= 15 is 0 Å². The fourth-order valence-corrected chi connectivity index (χ4v) is 11.9. The summed E-state index contributed by atoms with van der Waals surface area (Å²) in [5, 5.41) is -1.00. The molecule has 6 rings (SSSR count). The third-order valence-electron chi connectivity index (χ3n) is 9.68. The highest BCUT2D eigenvalue weighted by Gasteiger charge is 2.56. The van der Waals surface area contributed by atoms with Crippen LogP contribution in [-0.4, -0.2) is 33.1 Å². The summed E-state index contributed by atoms with van der Waals surface area (Å²) in [4.78, 5) is 14.3. The SMILES string of the molecule is Cc1ccc([C@@H]2C[C@@H]3C(S(=O)(=O)c4ccc(Cl)cc4)[C@H](c4ccc(C)cc4)CC(=O)[C@@H]3CC2S(=O)(=O)c2ccc(Cl)cc2)cc1. The second-order valence-electron chi connectivity index (χ2n) is 12.4. The van der Waals surface area contributed by atoms with Gasteiger partial charge in [0, 0.05) is 34.2 Å². The molecule has 45 heavy (non-hydrogen) atoms. The van der Waals surface area contributed by atoms with Gasteiger partial charge in [0.1, 0.15) is 5.78 Å². The molecule has 2 fully saturated rings. The van der Waals surface area contributed by atoms with Crippen molar-refractivity contribution in [1.29, 1.82) is 0 Å². The van der Waals surface area contributed by atoms with Crippen LogP contribution in [0.15, 0.2) is 107 Å². The van der Waals surface area contributed by atoms with E-state index in [-0.39, 0.29) is 34.8 Å². The van der Waals surface area contributed by atoms with Gasteiger partial charge in [-0.2, -0.15) is 0 Å². The molecular weight excluding hydrogens is 647 g/mol. The molecule has 0 bridgehead atoms. The number of carbonyl (C=O) groups is 1. The van der Waals surface area contributed by atoms with Crippen molar-refractivity contribution >= 4 is 48.7 Å². The van der Waals surface area contributed by atoms with E-state index in [0.717, 1.165) is 22.3 Å². The minimum absolute atomic E-state index is 0.0185. The maximum absolute atomic E-state index is 14.6. The van der Waals surface area contributed by atoms with Crippen molar-refractivity contribution in [3.8, 4) is 0 Å². The van der Waals surface area contributed by atoms with Gasteiger partial charge < -0.3 is 0 Å². The summed E-state index contributed by atoms with van der Waals surface area (Å²) in [6.07, 6.45) is 0.293. The van der Waals surface area contributed by atoms with E-state index in [1.54, 1.807) is 24.3 Å². The van der Waals surface area contributed by atoms with Crippen LogP contribution in [0.25, 0.3) is 0 Å². The fourth-order valence-electron chi connectivity index (χ4n) is 7.37. The summed E-state index contributed by atoms with van der Waals surface area (Å²) >= 11 is 12.2. The van der Waals surface area contributed by atoms with Crippen molar-refractivity contribution in [2.45, 2.75) is 65.2 Å². The lowest BCUT2D eigenvalue weighted by atomic mass is 9.61. The van der Waals surface area contributed by atoms with Crippen LogP contribution >= 0.6 is 23.2 Å². The van der Waals surface area contributed by atoms with Crippen LogP contribution in [0.1, 0.15) is 53.4 Å². The second kappa shape index (κ2) is 12.3. The Morgan fingerprint density at radius 1 is 0.556 bits per heavy atom. The van der Waals surface area contributed by atoms with Crippen molar-refractivity contribution in [2.24, 2.45) is 11.8 Å². The number of hydrogen-bond donors (Lipinski definition) is 0. The number of benzene rings is 4. The summed E-state index contributed by atoms with van der Waals surface area (Å²) < 4.78 is 57.9. The molecule has 234 valence electrons. The molecule has 2 unspecified atom stereocenters. The van der Waals surface area contributed by atoms with Gasteiger partial charge in [-0.15, -0.1) is 0 Å². The Hall–Kier alpha value is -2.97. The smallest absolute Gasteiger partial charge is 0.182 e. The van der Waals surface area contributed by atoms with Crippen molar-refractivity contribution in [3.05, 3.63) is 129 Å². The zero-order chi connectivity index (χ0) is 32.1. The van der Waals surface area contributed by atoms with E-state index in [2.05, 4.69) is 0 Å². The van der Waals surface area contributed by atoms with E-state index in [9.17, 15) is 21.6 Å². The van der Waals surface area contributed by atoms with E-state index in [1.165, 1.54) is 24.3 Å². The van der Waals surface area contributed by atoms with Gasteiger partial charge in [0.2, 0.25) is 0 Å². The molecule has 0 spiro atoms. The number of carbonyl (C=O) groups excluding carboxylic acids is 1. The molecule has 4 aromatic rings. The molecule has 0 saturated heterocycles. The number of halogens is 2. The first kappa shape index (κ1) is 32.0. The Balaban J connectivity index is 1.51. The van der Waals surface area contributed by atoms with Gasteiger partial charge >= 0.3 is 0 Å². The monoisotopic (exact) mass is 680 g/mol. The van der Waals surface area contributed by atoms with Crippen molar-refractivity contribution in [3.63, 3.8) is 0 Å². The molecule has 2 aliphatic carbocycles. The Morgan fingerprint density at radius 2 is 1.00 bits per heavy atom. The van der Waals surface area contributed by atoms with E-state index in [4.69, 9.17) is 23.2 Å². The van der Waals surface area contributed by atoms with Gasteiger partial charge in [-0.3, -0.25) is 4.79 Å². The number of aryl methyl sites for hydroxylation is 2. The van der Waals surface area contributed by atoms with Crippen LogP contribution in [0.2, 0.25) is 10.0 Å². The Labute approximate surface area is 275 Å². The largest absolute Gasteiger partial charge is 0.299 e. The van der Waals surface area contributed by atoms with Gasteiger partial charge in [-0.05, 0) is 92.3 Å². The Morgan fingerprint density at radius 3 is 1.49 bits per heavy atom. The highest BCUT2D eigenvalue weighted by molar-refractivity contribution is 7.92. The third-order valence-corrected chi connectivity index (χ3v) is 14.8. The molecule has 0 heterocycles.